The molecule has 0 unspecified atom stereocenters. The van der Waals surface area contributed by atoms with Crippen molar-refractivity contribution in [1.29, 1.82) is 0 Å². The molecule has 1 aliphatic heterocycles. The van der Waals surface area contributed by atoms with Gasteiger partial charge in [-0.15, -0.1) is 12.4 Å². The highest BCUT2D eigenvalue weighted by molar-refractivity contribution is 5.88. The molecule has 1 amide bonds. The van der Waals surface area contributed by atoms with E-state index in [1.165, 1.54) is 0 Å². The van der Waals surface area contributed by atoms with E-state index < -0.39 is 0 Å². The van der Waals surface area contributed by atoms with Gasteiger partial charge in [-0.1, -0.05) is 5.57 Å². The highest BCUT2D eigenvalue weighted by atomic mass is 35.5. The molecular weight excluding hydrogens is 252 g/mol. The Morgan fingerprint density at radius 3 is 2.50 bits per heavy atom. The minimum atomic E-state index is 0. The number of nitrogens with two attached hydrogens (primary N) is 1. The quantitative estimate of drug-likeness (QED) is 0.615. The summed E-state index contributed by atoms with van der Waals surface area (Å²) in [7, 11) is 0. The van der Waals surface area contributed by atoms with E-state index in [1.54, 1.807) is 6.08 Å². The third kappa shape index (κ3) is 6.38. The second-order valence-electron chi connectivity index (χ2n) is 4.76. The molecule has 5 heteroatoms. The van der Waals surface area contributed by atoms with Crippen LogP contribution in [0.5, 0.6) is 0 Å². The first-order valence-electron chi connectivity index (χ1n) is 6.39. The molecule has 0 aliphatic carbocycles. The summed E-state index contributed by atoms with van der Waals surface area (Å²) in [6, 6.07) is 0. The van der Waals surface area contributed by atoms with E-state index >= 15 is 0 Å². The standard InChI is InChI=1S/C13H24N2O2.ClH/c1-11(2)10-13(16)15-7-4-12(5-8-15)17-9-3-6-14;/h10,12H,3-9,14H2,1-2H3;1H. The molecule has 0 aromatic heterocycles. The number of carbonyl (C=O) groups is 1. The summed E-state index contributed by atoms with van der Waals surface area (Å²) in [5, 5.41) is 0. The van der Waals surface area contributed by atoms with Crippen LogP contribution in [0.2, 0.25) is 0 Å². The van der Waals surface area contributed by atoms with Crippen molar-refractivity contribution in [3.05, 3.63) is 11.6 Å². The van der Waals surface area contributed by atoms with Crippen molar-refractivity contribution < 1.29 is 9.53 Å². The Balaban J connectivity index is 0.00000289. The number of nitrogens with zero attached hydrogens (tertiary/aromatic N) is 1. The minimum absolute atomic E-state index is 0. The maximum atomic E-state index is 11.8. The molecule has 18 heavy (non-hydrogen) atoms. The Hall–Kier alpha value is -0.580. The molecule has 1 rings (SSSR count). The van der Waals surface area contributed by atoms with Crippen LogP contribution in [0.1, 0.15) is 33.1 Å². The maximum Gasteiger partial charge on any atom is 0.246 e. The number of carbonyl (C=O) groups excluding carboxylic acids is 1. The number of rotatable bonds is 5. The average Bonchev–Trinajstić information content (AvgIpc) is 2.29. The second-order valence-corrected chi connectivity index (χ2v) is 4.76. The van der Waals surface area contributed by atoms with Gasteiger partial charge in [-0.2, -0.15) is 0 Å². The van der Waals surface area contributed by atoms with Gasteiger partial charge >= 0.3 is 0 Å². The zero-order chi connectivity index (χ0) is 12.7. The largest absolute Gasteiger partial charge is 0.378 e. The fourth-order valence-electron chi connectivity index (χ4n) is 1.91. The van der Waals surface area contributed by atoms with E-state index in [9.17, 15) is 4.79 Å². The first-order chi connectivity index (χ1) is 8.13. The molecule has 106 valence electrons. The highest BCUT2D eigenvalue weighted by Crippen LogP contribution is 2.14. The molecule has 4 nitrogen and oxygen atoms in total. The van der Waals surface area contributed by atoms with Crippen LogP contribution in [0.3, 0.4) is 0 Å². The predicted octanol–water partition coefficient (Wildman–Crippen LogP) is 1.73. The number of piperidine rings is 1. The van der Waals surface area contributed by atoms with Crippen molar-refractivity contribution in [2.24, 2.45) is 5.73 Å². The summed E-state index contributed by atoms with van der Waals surface area (Å²) >= 11 is 0. The lowest BCUT2D eigenvalue weighted by molar-refractivity contribution is -0.128. The van der Waals surface area contributed by atoms with Gasteiger partial charge < -0.3 is 15.4 Å². The third-order valence-corrected chi connectivity index (χ3v) is 2.87. The fraction of sp³-hybridized carbons (Fsp3) is 0.769. The average molecular weight is 277 g/mol. The Labute approximate surface area is 116 Å². The molecule has 1 heterocycles. The first kappa shape index (κ1) is 17.4. The summed E-state index contributed by atoms with van der Waals surface area (Å²) < 4.78 is 5.70. The van der Waals surface area contributed by atoms with Crippen LogP contribution in [-0.2, 0) is 9.53 Å². The van der Waals surface area contributed by atoms with Gasteiger partial charge in [0.1, 0.15) is 0 Å². The number of likely N-dealkylation sites (tertiary alicyclic amines) is 1. The van der Waals surface area contributed by atoms with E-state index in [1.807, 2.05) is 18.7 Å². The number of hydrogen-bond acceptors (Lipinski definition) is 3. The van der Waals surface area contributed by atoms with Crippen LogP contribution < -0.4 is 5.73 Å². The predicted molar refractivity (Wildman–Crippen MR) is 75.9 cm³/mol. The lowest BCUT2D eigenvalue weighted by atomic mass is 10.1. The molecule has 0 aromatic carbocycles. The first-order valence-corrected chi connectivity index (χ1v) is 6.39. The molecule has 0 bridgehead atoms. The number of halogens is 1. The topological polar surface area (TPSA) is 55.6 Å². The van der Waals surface area contributed by atoms with Crippen molar-refractivity contribution in [3.8, 4) is 0 Å². The van der Waals surface area contributed by atoms with E-state index in [4.69, 9.17) is 10.5 Å². The third-order valence-electron chi connectivity index (χ3n) is 2.87. The van der Waals surface area contributed by atoms with E-state index in [0.717, 1.165) is 44.5 Å². The molecule has 0 aromatic rings. The SMILES string of the molecule is CC(C)=CC(=O)N1CCC(OCCCN)CC1.Cl. The van der Waals surface area contributed by atoms with Crippen molar-refractivity contribution in [3.63, 3.8) is 0 Å². The van der Waals surface area contributed by atoms with Gasteiger partial charge in [-0.25, -0.2) is 0 Å². The van der Waals surface area contributed by atoms with E-state index in [-0.39, 0.29) is 18.3 Å². The number of amides is 1. The molecular formula is C13H25ClN2O2. The van der Waals surface area contributed by atoms with Crippen LogP contribution in [0.15, 0.2) is 11.6 Å². The Bertz CT molecular complexity index is 270. The van der Waals surface area contributed by atoms with Crippen LogP contribution in [0, 0.1) is 0 Å². The van der Waals surface area contributed by atoms with Gasteiger partial charge in [0.2, 0.25) is 5.91 Å². The van der Waals surface area contributed by atoms with Crippen LogP contribution >= 0.6 is 12.4 Å². The number of ether oxygens (including phenoxy) is 1. The van der Waals surface area contributed by atoms with Gasteiger partial charge in [-0.05, 0) is 39.7 Å². The van der Waals surface area contributed by atoms with Gasteiger partial charge in [0, 0.05) is 25.8 Å². The van der Waals surface area contributed by atoms with Crippen LogP contribution in [0.25, 0.3) is 0 Å². The number of allylic oxidation sites excluding steroid dienone is 1. The molecule has 1 fully saturated rings. The van der Waals surface area contributed by atoms with Gasteiger partial charge in [0.25, 0.3) is 0 Å². The van der Waals surface area contributed by atoms with Gasteiger partial charge in [-0.3, -0.25) is 4.79 Å². The lowest BCUT2D eigenvalue weighted by Crippen LogP contribution is -2.40. The summed E-state index contributed by atoms with van der Waals surface area (Å²) in [4.78, 5) is 13.7. The Kier molecular flexibility index (Phi) is 9.06. The highest BCUT2D eigenvalue weighted by Gasteiger charge is 2.21. The molecule has 0 saturated carbocycles. The second kappa shape index (κ2) is 9.36. The van der Waals surface area contributed by atoms with Crippen molar-refractivity contribution in [2.75, 3.05) is 26.2 Å². The summed E-state index contributed by atoms with van der Waals surface area (Å²) in [5.74, 6) is 0.130. The smallest absolute Gasteiger partial charge is 0.246 e. The van der Waals surface area contributed by atoms with Crippen LogP contribution in [0.4, 0.5) is 0 Å². The van der Waals surface area contributed by atoms with E-state index in [2.05, 4.69) is 0 Å². The molecule has 2 N–H and O–H groups in total. The molecule has 1 saturated heterocycles. The molecule has 0 atom stereocenters. The Morgan fingerprint density at radius 2 is 2.00 bits per heavy atom. The molecule has 0 spiro atoms. The van der Waals surface area contributed by atoms with Crippen molar-refractivity contribution >= 4 is 18.3 Å². The van der Waals surface area contributed by atoms with Gasteiger partial charge in [0.15, 0.2) is 0 Å². The summed E-state index contributed by atoms with van der Waals surface area (Å²) in [5.41, 5.74) is 6.47. The summed E-state index contributed by atoms with van der Waals surface area (Å²) in [6.07, 6.45) is 4.80. The van der Waals surface area contributed by atoms with Crippen molar-refractivity contribution in [1.82, 2.24) is 4.90 Å². The Morgan fingerprint density at radius 1 is 1.39 bits per heavy atom. The zero-order valence-corrected chi connectivity index (χ0v) is 12.2. The van der Waals surface area contributed by atoms with Crippen molar-refractivity contribution in [2.45, 2.75) is 39.2 Å². The maximum absolute atomic E-state index is 11.8. The van der Waals surface area contributed by atoms with E-state index in [0.29, 0.717) is 12.6 Å². The molecule has 0 radical (unpaired) electrons. The normalized spacial score (nSPS) is 16.1. The summed E-state index contributed by atoms with van der Waals surface area (Å²) in [6.45, 7) is 6.91. The minimum Gasteiger partial charge on any atom is -0.378 e. The molecule has 1 aliphatic rings. The van der Waals surface area contributed by atoms with Gasteiger partial charge in [0.05, 0.1) is 6.10 Å². The zero-order valence-electron chi connectivity index (χ0n) is 11.4. The lowest BCUT2D eigenvalue weighted by Gasteiger charge is -2.31. The van der Waals surface area contributed by atoms with Crippen LogP contribution in [-0.4, -0.2) is 43.2 Å². The monoisotopic (exact) mass is 276 g/mol. The fourth-order valence-corrected chi connectivity index (χ4v) is 1.91. The number of hydrogen-bond donors (Lipinski definition) is 1.